The highest BCUT2D eigenvalue weighted by Gasteiger charge is 2.15. The molecule has 4 nitrogen and oxygen atoms in total. The number of unbranched alkanes of at least 4 members (excludes halogenated alkanes) is 2. The molecule has 0 aliphatic heterocycles. The van der Waals surface area contributed by atoms with Crippen molar-refractivity contribution in [2.45, 2.75) is 45.4 Å². The fourth-order valence-corrected chi connectivity index (χ4v) is 2.63. The summed E-state index contributed by atoms with van der Waals surface area (Å²) in [5.74, 6) is -0.597. The summed E-state index contributed by atoms with van der Waals surface area (Å²) in [6, 6.07) is 3.89. The molecule has 0 saturated heterocycles. The molecule has 1 amide bonds. The largest absolute Gasteiger partial charge is 0.481 e. The Hall–Kier alpha value is -1.36. The molecule has 0 aromatic carbocycles. The second kappa shape index (κ2) is 8.69. The van der Waals surface area contributed by atoms with Crippen LogP contribution in [0.15, 0.2) is 17.5 Å². The third-order valence-electron chi connectivity index (χ3n) is 2.81. The Bertz CT molecular complexity index is 389. The van der Waals surface area contributed by atoms with Crippen LogP contribution in [0.1, 0.15) is 45.4 Å². The standard InChI is InChI=1S/C14H21NO3S/c1-2-7-12(16)15(13-8-6-11-19-13)10-5-3-4-9-14(17)18/h6,8,11H,2-5,7,9-10H2,1H3,(H,17,18). The van der Waals surface area contributed by atoms with E-state index >= 15 is 0 Å². The lowest BCUT2D eigenvalue weighted by Gasteiger charge is -2.20. The maximum absolute atomic E-state index is 12.1. The van der Waals surface area contributed by atoms with Crippen molar-refractivity contribution in [3.63, 3.8) is 0 Å². The fourth-order valence-electron chi connectivity index (χ4n) is 1.85. The van der Waals surface area contributed by atoms with E-state index in [4.69, 9.17) is 5.11 Å². The van der Waals surface area contributed by atoms with Crippen molar-refractivity contribution in [1.82, 2.24) is 0 Å². The van der Waals surface area contributed by atoms with Crippen LogP contribution in [0.25, 0.3) is 0 Å². The van der Waals surface area contributed by atoms with Crippen LogP contribution in [-0.2, 0) is 9.59 Å². The van der Waals surface area contributed by atoms with Gasteiger partial charge in [-0.15, -0.1) is 11.3 Å². The number of nitrogens with zero attached hydrogens (tertiary/aromatic N) is 1. The number of hydrogen-bond donors (Lipinski definition) is 1. The Balaban J connectivity index is 2.42. The summed E-state index contributed by atoms with van der Waals surface area (Å²) >= 11 is 1.56. The van der Waals surface area contributed by atoms with Gasteiger partial charge in [-0.2, -0.15) is 0 Å². The predicted molar refractivity (Wildman–Crippen MR) is 77.7 cm³/mol. The highest BCUT2D eigenvalue weighted by Crippen LogP contribution is 2.23. The zero-order valence-corrected chi connectivity index (χ0v) is 12.1. The summed E-state index contributed by atoms with van der Waals surface area (Å²) in [6.45, 7) is 2.68. The molecule has 0 unspecified atom stereocenters. The van der Waals surface area contributed by atoms with Crippen molar-refractivity contribution in [2.75, 3.05) is 11.4 Å². The van der Waals surface area contributed by atoms with E-state index in [2.05, 4.69) is 0 Å². The van der Waals surface area contributed by atoms with Crippen LogP contribution in [0.4, 0.5) is 5.00 Å². The van der Waals surface area contributed by atoms with Crippen LogP contribution in [0.3, 0.4) is 0 Å². The van der Waals surface area contributed by atoms with E-state index in [1.165, 1.54) is 0 Å². The molecule has 1 N–H and O–H groups in total. The molecule has 19 heavy (non-hydrogen) atoms. The topological polar surface area (TPSA) is 57.6 Å². The van der Waals surface area contributed by atoms with Gasteiger partial charge in [0.15, 0.2) is 0 Å². The Kier molecular flexibility index (Phi) is 7.18. The number of carbonyl (C=O) groups excluding carboxylic acids is 1. The van der Waals surface area contributed by atoms with Crippen LogP contribution in [0.5, 0.6) is 0 Å². The molecule has 1 heterocycles. The number of anilines is 1. The SMILES string of the molecule is CCCC(=O)N(CCCCCC(=O)O)c1cccs1. The van der Waals surface area contributed by atoms with Crippen LogP contribution in [0, 0.1) is 0 Å². The molecule has 0 atom stereocenters. The quantitative estimate of drug-likeness (QED) is 0.705. The van der Waals surface area contributed by atoms with Crippen molar-refractivity contribution in [3.8, 4) is 0 Å². The summed E-state index contributed by atoms with van der Waals surface area (Å²) in [5.41, 5.74) is 0. The van der Waals surface area contributed by atoms with Gasteiger partial charge in [0, 0.05) is 19.4 Å². The van der Waals surface area contributed by atoms with Gasteiger partial charge >= 0.3 is 5.97 Å². The maximum atomic E-state index is 12.1. The van der Waals surface area contributed by atoms with Gasteiger partial charge in [-0.25, -0.2) is 0 Å². The highest BCUT2D eigenvalue weighted by molar-refractivity contribution is 7.14. The normalized spacial score (nSPS) is 10.4. The van der Waals surface area contributed by atoms with Crippen molar-refractivity contribution < 1.29 is 14.7 Å². The van der Waals surface area contributed by atoms with Crippen LogP contribution < -0.4 is 4.90 Å². The number of hydrogen-bond acceptors (Lipinski definition) is 3. The van der Waals surface area contributed by atoms with E-state index in [9.17, 15) is 9.59 Å². The first-order valence-electron chi connectivity index (χ1n) is 6.70. The monoisotopic (exact) mass is 283 g/mol. The molecule has 0 fully saturated rings. The molecule has 5 heteroatoms. The van der Waals surface area contributed by atoms with E-state index in [0.29, 0.717) is 19.4 Å². The minimum atomic E-state index is -0.753. The predicted octanol–water partition coefficient (Wildman–Crippen LogP) is 3.53. The van der Waals surface area contributed by atoms with Crippen molar-refractivity contribution in [1.29, 1.82) is 0 Å². The maximum Gasteiger partial charge on any atom is 0.303 e. The highest BCUT2D eigenvalue weighted by atomic mass is 32.1. The lowest BCUT2D eigenvalue weighted by molar-refractivity contribution is -0.137. The Labute approximate surface area is 118 Å². The molecular formula is C14H21NO3S. The van der Waals surface area contributed by atoms with Gasteiger partial charge in [0.25, 0.3) is 0 Å². The molecule has 106 valence electrons. The van der Waals surface area contributed by atoms with Crippen LogP contribution in [-0.4, -0.2) is 23.5 Å². The third kappa shape index (κ3) is 5.87. The van der Waals surface area contributed by atoms with Gasteiger partial charge in [0.1, 0.15) is 0 Å². The summed E-state index contributed by atoms with van der Waals surface area (Å²) in [6.07, 6.45) is 3.98. The van der Waals surface area contributed by atoms with E-state index in [1.807, 2.05) is 29.3 Å². The average Bonchev–Trinajstić information content (AvgIpc) is 2.87. The first kappa shape index (κ1) is 15.7. The number of carbonyl (C=O) groups is 2. The number of amides is 1. The molecular weight excluding hydrogens is 262 g/mol. The molecule has 1 aromatic heterocycles. The summed E-state index contributed by atoms with van der Waals surface area (Å²) in [5, 5.41) is 11.5. The molecule has 0 bridgehead atoms. The Morgan fingerprint density at radius 1 is 1.26 bits per heavy atom. The van der Waals surface area contributed by atoms with Crippen LogP contribution >= 0.6 is 11.3 Å². The first-order chi connectivity index (χ1) is 9.15. The first-order valence-corrected chi connectivity index (χ1v) is 7.58. The number of aliphatic carboxylic acids is 1. The number of thiophene rings is 1. The lowest BCUT2D eigenvalue weighted by atomic mass is 10.2. The summed E-state index contributed by atoms with van der Waals surface area (Å²) < 4.78 is 0. The van der Waals surface area contributed by atoms with Crippen molar-refractivity contribution >= 4 is 28.2 Å². The second-order valence-corrected chi connectivity index (χ2v) is 5.38. The van der Waals surface area contributed by atoms with Crippen molar-refractivity contribution in [3.05, 3.63) is 17.5 Å². The summed E-state index contributed by atoms with van der Waals surface area (Å²) in [4.78, 5) is 24.3. The van der Waals surface area contributed by atoms with Gasteiger partial charge in [-0.05, 0) is 36.8 Å². The van der Waals surface area contributed by atoms with Gasteiger partial charge in [-0.1, -0.05) is 13.3 Å². The smallest absolute Gasteiger partial charge is 0.303 e. The van der Waals surface area contributed by atoms with Gasteiger partial charge < -0.3 is 10.0 Å². The Morgan fingerprint density at radius 2 is 2.05 bits per heavy atom. The Morgan fingerprint density at radius 3 is 2.63 bits per heavy atom. The average molecular weight is 283 g/mol. The zero-order chi connectivity index (χ0) is 14.1. The van der Waals surface area contributed by atoms with E-state index in [1.54, 1.807) is 11.3 Å². The molecule has 0 aliphatic rings. The van der Waals surface area contributed by atoms with E-state index < -0.39 is 5.97 Å². The van der Waals surface area contributed by atoms with Gasteiger partial charge in [0.2, 0.25) is 5.91 Å². The molecule has 0 radical (unpaired) electrons. The van der Waals surface area contributed by atoms with E-state index in [-0.39, 0.29) is 12.3 Å². The van der Waals surface area contributed by atoms with E-state index in [0.717, 1.165) is 24.3 Å². The number of carboxylic acids is 1. The van der Waals surface area contributed by atoms with Crippen LogP contribution in [0.2, 0.25) is 0 Å². The third-order valence-corrected chi connectivity index (χ3v) is 3.70. The second-order valence-electron chi connectivity index (χ2n) is 4.45. The van der Waals surface area contributed by atoms with Gasteiger partial charge in [-0.3, -0.25) is 9.59 Å². The van der Waals surface area contributed by atoms with Crippen molar-refractivity contribution in [2.24, 2.45) is 0 Å². The minimum absolute atomic E-state index is 0.156. The fraction of sp³-hybridized carbons (Fsp3) is 0.571. The molecule has 0 spiro atoms. The molecule has 1 aromatic rings. The van der Waals surface area contributed by atoms with Gasteiger partial charge in [0.05, 0.1) is 5.00 Å². The zero-order valence-electron chi connectivity index (χ0n) is 11.3. The minimum Gasteiger partial charge on any atom is -0.481 e. The molecule has 1 rings (SSSR count). The summed E-state index contributed by atoms with van der Waals surface area (Å²) in [7, 11) is 0. The lowest BCUT2D eigenvalue weighted by Crippen LogP contribution is -2.30. The molecule has 0 aliphatic carbocycles. The molecule has 0 saturated carbocycles. The number of carboxylic acid groups (broad SMARTS) is 1. The number of rotatable bonds is 9.